The molecular weight excluding hydrogens is 284 g/mol. The highest BCUT2D eigenvalue weighted by atomic mass is 35.5. The van der Waals surface area contributed by atoms with Crippen LogP contribution in [0, 0.1) is 0 Å². The zero-order valence-electron chi connectivity index (χ0n) is 11.0. The van der Waals surface area contributed by atoms with Gasteiger partial charge in [0.1, 0.15) is 13.2 Å². The average Bonchev–Trinajstić information content (AvgIpc) is 2.46. The lowest BCUT2D eigenvalue weighted by atomic mass is 10.2. The van der Waals surface area contributed by atoms with Crippen molar-refractivity contribution in [2.75, 3.05) is 32.8 Å². The SMILES string of the molecule is COCCOc1cc2nc[nH]c(=O)c2cc1OCCCl. The number of ether oxygens (including phenoxy) is 3. The normalized spacial score (nSPS) is 10.7. The van der Waals surface area contributed by atoms with E-state index in [2.05, 4.69) is 9.97 Å². The predicted molar refractivity (Wildman–Crippen MR) is 75.9 cm³/mol. The third-order valence-corrected chi connectivity index (χ3v) is 2.74. The molecule has 0 radical (unpaired) electrons. The second-order valence-electron chi connectivity index (χ2n) is 3.93. The van der Waals surface area contributed by atoms with Crippen LogP contribution in [0.2, 0.25) is 0 Å². The molecule has 0 bridgehead atoms. The molecular formula is C13H15ClN2O4. The van der Waals surface area contributed by atoms with E-state index in [1.165, 1.54) is 6.33 Å². The van der Waals surface area contributed by atoms with Crippen molar-refractivity contribution in [2.45, 2.75) is 0 Å². The van der Waals surface area contributed by atoms with Gasteiger partial charge in [0.2, 0.25) is 0 Å². The molecule has 1 N–H and O–H groups in total. The van der Waals surface area contributed by atoms with Crippen molar-refractivity contribution in [1.82, 2.24) is 9.97 Å². The van der Waals surface area contributed by atoms with Crippen LogP contribution in [0.3, 0.4) is 0 Å². The third kappa shape index (κ3) is 3.40. The van der Waals surface area contributed by atoms with Crippen molar-refractivity contribution in [1.29, 1.82) is 0 Å². The summed E-state index contributed by atoms with van der Waals surface area (Å²) in [5, 5.41) is 0.441. The van der Waals surface area contributed by atoms with Crippen LogP contribution in [0.5, 0.6) is 11.5 Å². The van der Waals surface area contributed by atoms with Crippen molar-refractivity contribution < 1.29 is 14.2 Å². The Morgan fingerprint density at radius 2 is 1.95 bits per heavy atom. The van der Waals surface area contributed by atoms with Gasteiger partial charge >= 0.3 is 0 Å². The van der Waals surface area contributed by atoms with Gasteiger partial charge in [-0.2, -0.15) is 0 Å². The number of fused-ring (bicyclic) bond motifs is 1. The van der Waals surface area contributed by atoms with Crippen molar-refractivity contribution in [2.24, 2.45) is 0 Å². The minimum atomic E-state index is -0.228. The molecule has 0 fully saturated rings. The molecule has 0 aliphatic rings. The van der Waals surface area contributed by atoms with Crippen LogP contribution in [0.1, 0.15) is 0 Å². The van der Waals surface area contributed by atoms with Gasteiger partial charge in [-0.05, 0) is 6.07 Å². The minimum Gasteiger partial charge on any atom is -0.488 e. The number of rotatable bonds is 7. The molecule has 0 aliphatic heterocycles. The highest BCUT2D eigenvalue weighted by molar-refractivity contribution is 6.18. The predicted octanol–water partition coefficient (Wildman–Crippen LogP) is 1.57. The first kappa shape index (κ1) is 14.6. The van der Waals surface area contributed by atoms with Gasteiger partial charge in [0, 0.05) is 13.2 Å². The number of hydrogen-bond acceptors (Lipinski definition) is 5. The highest BCUT2D eigenvalue weighted by Gasteiger charge is 2.10. The van der Waals surface area contributed by atoms with E-state index in [0.717, 1.165) is 0 Å². The number of nitrogens with zero attached hydrogens (tertiary/aromatic N) is 1. The molecule has 6 nitrogen and oxygen atoms in total. The van der Waals surface area contributed by atoms with Crippen LogP contribution < -0.4 is 15.0 Å². The number of aromatic nitrogens is 2. The minimum absolute atomic E-state index is 0.228. The van der Waals surface area contributed by atoms with E-state index in [4.69, 9.17) is 25.8 Å². The van der Waals surface area contributed by atoms with Crippen LogP contribution in [-0.2, 0) is 4.74 Å². The number of alkyl halides is 1. The summed E-state index contributed by atoms with van der Waals surface area (Å²) >= 11 is 5.61. The van der Waals surface area contributed by atoms with Gasteiger partial charge < -0.3 is 19.2 Å². The lowest BCUT2D eigenvalue weighted by Crippen LogP contribution is -2.10. The fourth-order valence-electron chi connectivity index (χ4n) is 1.69. The number of methoxy groups -OCH3 is 1. The summed E-state index contributed by atoms with van der Waals surface area (Å²) in [6.07, 6.45) is 1.35. The Hall–Kier alpha value is -1.79. The van der Waals surface area contributed by atoms with Gasteiger partial charge in [0.15, 0.2) is 11.5 Å². The summed E-state index contributed by atoms with van der Waals surface area (Å²) < 4.78 is 16.0. The van der Waals surface area contributed by atoms with Crippen LogP contribution in [0.25, 0.3) is 10.9 Å². The van der Waals surface area contributed by atoms with E-state index in [1.54, 1.807) is 19.2 Å². The third-order valence-electron chi connectivity index (χ3n) is 2.59. The zero-order valence-corrected chi connectivity index (χ0v) is 11.8. The van der Waals surface area contributed by atoms with E-state index in [0.29, 0.717) is 48.1 Å². The van der Waals surface area contributed by atoms with Crippen LogP contribution in [0.15, 0.2) is 23.3 Å². The summed E-state index contributed by atoms with van der Waals surface area (Å²) in [6.45, 7) is 1.16. The molecule has 20 heavy (non-hydrogen) atoms. The summed E-state index contributed by atoms with van der Waals surface area (Å²) in [7, 11) is 1.59. The Kier molecular flexibility index (Phi) is 5.20. The van der Waals surface area contributed by atoms with Crippen LogP contribution >= 0.6 is 11.6 Å². The van der Waals surface area contributed by atoms with Crippen molar-refractivity contribution >= 4 is 22.5 Å². The molecule has 108 valence electrons. The molecule has 2 aromatic rings. The fourth-order valence-corrected chi connectivity index (χ4v) is 1.76. The molecule has 0 aliphatic carbocycles. The fraction of sp³-hybridized carbons (Fsp3) is 0.385. The highest BCUT2D eigenvalue weighted by Crippen LogP contribution is 2.30. The monoisotopic (exact) mass is 298 g/mol. The second kappa shape index (κ2) is 7.12. The molecule has 1 aromatic heterocycles. The Labute approximate surface area is 120 Å². The van der Waals surface area contributed by atoms with Gasteiger partial charge in [0.25, 0.3) is 5.56 Å². The maximum Gasteiger partial charge on any atom is 0.258 e. The molecule has 0 saturated carbocycles. The van der Waals surface area contributed by atoms with E-state index in [9.17, 15) is 4.79 Å². The van der Waals surface area contributed by atoms with Crippen molar-refractivity contribution in [3.8, 4) is 11.5 Å². The number of hydrogen-bond donors (Lipinski definition) is 1. The Morgan fingerprint density at radius 1 is 1.20 bits per heavy atom. The number of halogens is 1. The van der Waals surface area contributed by atoms with Gasteiger partial charge in [-0.1, -0.05) is 0 Å². The molecule has 0 amide bonds. The average molecular weight is 299 g/mol. The summed E-state index contributed by atoms with van der Waals surface area (Å²) in [5.41, 5.74) is 0.313. The lowest BCUT2D eigenvalue weighted by molar-refractivity contribution is 0.143. The van der Waals surface area contributed by atoms with E-state index >= 15 is 0 Å². The maximum atomic E-state index is 11.7. The molecule has 0 atom stereocenters. The summed E-state index contributed by atoms with van der Waals surface area (Å²) in [4.78, 5) is 18.4. The van der Waals surface area contributed by atoms with E-state index in [1.807, 2.05) is 0 Å². The van der Waals surface area contributed by atoms with Crippen LogP contribution in [-0.4, -0.2) is 42.8 Å². The molecule has 0 unspecified atom stereocenters. The van der Waals surface area contributed by atoms with E-state index < -0.39 is 0 Å². The number of benzene rings is 1. The largest absolute Gasteiger partial charge is 0.488 e. The summed E-state index contributed by atoms with van der Waals surface area (Å²) in [5.74, 6) is 1.32. The summed E-state index contributed by atoms with van der Waals surface area (Å²) in [6, 6.07) is 3.28. The zero-order chi connectivity index (χ0) is 14.4. The van der Waals surface area contributed by atoms with Crippen molar-refractivity contribution in [3.05, 3.63) is 28.8 Å². The Balaban J connectivity index is 2.38. The van der Waals surface area contributed by atoms with Gasteiger partial charge in [-0.15, -0.1) is 11.6 Å². The molecule has 0 spiro atoms. The Bertz CT molecular complexity index is 629. The first-order valence-corrected chi connectivity index (χ1v) is 6.61. The standard InChI is InChI=1S/C13H15ClN2O4/c1-18-4-5-20-12-7-10-9(13(17)16-8-15-10)6-11(12)19-3-2-14/h6-8H,2-5H2,1H3,(H,15,16,17). The van der Waals surface area contributed by atoms with E-state index in [-0.39, 0.29) is 5.56 Å². The molecule has 7 heteroatoms. The number of aromatic amines is 1. The smallest absolute Gasteiger partial charge is 0.258 e. The number of H-pyrrole nitrogens is 1. The van der Waals surface area contributed by atoms with Crippen molar-refractivity contribution in [3.63, 3.8) is 0 Å². The number of nitrogens with one attached hydrogen (secondary N) is 1. The molecule has 2 rings (SSSR count). The maximum absolute atomic E-state index is 11.7. The first-order chi connectivity index (χ1) is 9.76. The topological polar surface area (TPSA) is 73.4 Å². The first-order valence-electron chi connectivity index (χ1n) is 6.08. The molecule has 0 saturated heterocycles. The van der Waals surface area contributed by atoms with Gasteiger partial charge in [-0.25, -0.2) is 4.98 Å². The van der Waals surface area contributed by atoms with Gasteiger partial charge in [0.05, 0.1) is 29.7 Å². The van der Waals surface area contributed by atoms with Gasteiger partial charge in [-0.3, -0.25) is 4.79 Å². The quantitative estimate of drug-likeness (QED) is 0.620. The lowest BCUT2D eigenvalue weighted by Gasteiger charge is -2.12. The second-order valence-corrected chi connectivity index (χ2v) is 4.30. The molecule has 1 aromatic carbocycles. The molecule has 1 heterocycles. The van der Waals surface area contributed by atoms with Crippen LogP contribution in [0.4, 0.5) is 0 Å². The Morgan fingerprint density at radius 3 is 2.70 bits per heavy atom.